The van der Waals surface area contributed by atoms with Gasteiger partial charge in [0, 0.05) is 12.0 Å². The van der Waals surface area contributed by atoms with Crippen molar-refractivity contribution >= 4 is 17.9 Å². The number of carbonyl (C=O) groups is 1. The van der Waals surface area contributed by atoms with E-state index in [1.807, 2.05) is 18.2 Å². The minimum absolute atomic E-state index is 0.0728. The predicted octanol–water partition coefficient (Wildman–Crippen LogP) is 4.80. The zero-order valence-corrected chi connectivity index (χ0v) is 16.9. The second kappa shape index (κ2) is 9.26. The van der Waals surface area contributed by atoms with E-state index in [9.17, 15) is 9.18 Å². The van der Waals surface area contributed by atoms with Gasteiger partial charge in [-0.05, 0) is 47.5 Å². The summed E-state index contributed by atoms with van der Waals surface area (Å²) < 4.78 is 29.9. The third-order valence-electron chi connectivity index (χ3n) is 4.67. The number of aliphatic imine (C=N–C) groups is 1. The topological polar surface area (TPSA) is 57.1 Å². The van der Waals surface area contributed by atoms with E-state index in [4.69, 9.17) is 14.2 Å². The molecule has 6 heteroatoms. The van der Waals surface area contributed by atoms with Crippen LogP contribution in [0.2, 0.25) is 0 Å². The molecule has 156 valence electrons. The molecular weight excluding hydrogens is 397 g/mol. The molecule has 0 spiro atoms. The van der Waals surface area contributed by atoms with Gasteiger partial charge in [-0.25, -0.2) is 14.2 Å². The van der Waals surface area contributed by atoms with Crippen molar-refractivity contribution in [1.29, 1.82) is 0 Å². The van der Waals surface area contributed by atoms with E-state index in [-0.39, 0.29) is 11.6 Å². The van der Waals surface area contributed by atoms with Crippen molar-refractivity contribution in [2.75, 3.05) is 13.7 Å². The highest BCUT2D eigenvalue weighted by Gasteiger charge is 2.24. The van der Waals surface area contributed by atoms with Crippen LogP contribution in [0.5, 0.6) is 11.5 Å². The Morgan fingerprint density at radius 3 is 2.61 bits per heavy atom. The molecule has 1 aliphatic heterocycles. The SMILES string of the molecule is COc1cc(/C=C2\N=C(c3cccc(F)c3)OC2=O)ccc1OCCc1ccccc1. The maximum absolute atomic E-state index is 13.4. The normalized spacial score (nSPS) is 14.3. The number of methoxy groups -OCH3 is 1. The molecule has 0 radical (unpaired) electrons. The summed E-state index contributed by atoms with van der Waals surface area (Å²) in [5, 5.41) is 0. The van der Waals surface area contributed by atoms with Gasteiger partial charge in [0.1, 0.15) is 5.82 Å². The average molecular weight is 417 g/mol. The first-order valence-electron chi connectivity index (χ1n) is 9.75. The lowest BCUT2D eigenvalue weighted by Gasteiger charge is -2.11. The number of hydrogen-bond acceptors (Lipinski definition) is 5. The van der Waals surface area contributed by atoms with Crippen LogP contribution < -0.4 is 9.47 Å². The van der Waals surface area contributed by atoms with Crippen molar-refractivity contribution < 1.29 is 23.4 Å². The third kappa shape index (κ3) is 4.98. The van der Waals surface area contributed by atoms with Crippen LogP contribution in [0.15, 0.2) is 83.5 Å². The molecule has 0 aromatic heterocycles. The minimum Gasteiger partial charge on any atom is -0.493 e. The fourth-order valence-electron chi connectivity index (χ4n) is 3.13. The highest BCUT2D eigenvalue weighted by atomic mass is 19.1. The summed E-state index contributed by atoms with van der Waals surface area (Å²) in [4.78, 5) is 16.4. The minimum atomic E-state index is -0.596. The van der Waals surface area contributed by atoms with E-state index >= 15 is 0 Å². The van der Waals surface area contributed by atoms with Crippen molar-refractivity contribution in [2.24, 2.45) is 4.99 Å². The van der Waals surface area contributed by atoms with Crippen molar-refractivity contribution in [3.05, 3.63) is 101 Å². The number of esters is 1. The van der Waals surface area contributed by atoms with Gasteiger partial charge in [0.15, 0.2) is 17.2 Å². The Hall–Kier alpha value is -3.93. The van der Waals surface area contributed by atoms with Gasteiger partial charge in [-0.2, -0.15) is 0 Å². The van der Waals surface area contributed by atoms with Crippen LogP contribution in [-0.2, 0) is 16.0 Å². The van der Waals surface area contributed by atoms with Crippen LogP contribution in [0.4, 0.5) is 4.39 Å². The van der Waals surface area contributed by atoms with Crippen molar-refractivity contribution in [2.45, 2.75) is 6.42 Å². The molecule has 0 amide bonds. The summed E-state index contributed by atoms with van der Waals surface area (Å²) in [7, 11) is 1.56. The molecule has 31 heavy (non-hydrogen) atoms. The molecule has 0 aliphatic carbocycles. The Labute approximate surface area is 179 Å². The highest BCUT2D eigenvalue weighted by Crippen LogP contribution is 2.30. The average Bonchev–Trinajstić information content (AvgIpc) is 3.15. The number of halogens is 1. The van der Waals surface area contributed by atoms with E-state index in [0.29, 0.717) is 29.2 Å². The van der Waals surface area contributed by atoms with Gasteiger partial charge in [0.2, 0.25) is 5.90 Å². The van der Waals surface area contributed by atoms with Gasteiger partial charge < -0.3 is 14.2 Å². The van der Waals surface area contributed by atoms with Gasteiger partial charge in [0.25, 0.3) is 0 Å². The Morgan fingerprint density at radius 1 is 1.00 bits per heavy atom. The molecule has 5 nitrogen and oxygen atoms in total. The van der Waals surface area contributed by atoms with Gasteiger partial charge in [-0.15, -0.1) is 0 Å². The molecule has 0 fully saturated rings. The molecule has 3 aromatic carbocycles. The monoisotopic (exact) mass is 417 g/mol. The van der Waals surface area contributed by atoms with Gasteiger partial charge in [-0.1, -0.05) is 42.5 Å². The Bertz CT molecular complexity index is 1160. The van der Waals surface area contributed by atoms with Gasteiger partial charge >= 0.3 is 5.97 Å². The van der Waals surface area contributed by atoms with E-state index in [1.165, 1.54) is 23.8 Å². The van der Waals surface area contributed by atoms with E-state index in [2.05, 4.69) is 17.1 Å². The van der Waals surface area contributed by atoms with Gasteiger partial charge in [-0.3, -0.25) is 0 Å². The second-order valence-corrected chi connectivity index (χ2v) is 6.84. The lowest BCUT2D eigenvalue weighted by atomic mass is 10.1. The number of hydrogen-bond donors (Lipinski definition) is 0. The quantitative estimate of drug-likeness (QED) is 0.409. The van der Waals surface area contributed by atoms with Crippen LogP contribution in [0.1, 0.15) is 16.7 Å². The summed E-state index contributed by atoms with van der Waals surface area (Å²) in [5.41, 5.74) is 2.41. The maximum atomic E-state index is 13.4. The zero-order valence-electron chi connectivity index (χ0n) is 16.9. The molecular formula is C25H20FNO4. The number of nitrogens with zero attached hydrogens (tertiary/aromatic N) is 1. The van der Waals surface area contributed by atoms with Crippen LogP contribution in [0, 0.1) is 5.82 Å². The first kappa shape index (κ1) is 20.3. The molecule has 0 atom stereocenters. The number of benzene rings is 3. The first-order valence-corrected chi connectivity index (χ1v) is 9.75. The van der Waals surface area contributed by atoms with Crippen LogP contribution in [0.25, 0.3) is 6.08 Å². The Kier molecular flexibility index (Phi) is 6.08. The molecule has 0 saturated heterocycles. The molecule has 3 aromatic rings. The fraction of sp³-hybridized carbons (Fsp3) is 0.120. The Balaban J connectivity index is 1.49. The summed E-state index contributed by atoms with van der Waals surface area (Å²) in [6.07, 6.45) is 2.37. The lowest BCUT2D eigenvalue weighted by Crippen LogP contribution is -2.05. The second-order valence-electron chi connectivity index (χ2n) is 6.84. The zero-order chi connectivity index (χ0) is 21.6. The van der Waals surface area contributed by atoms with Crippen LogP contribution in [0.3, 0.4) is 0 Å². The van der Waals surface area contributed by atoms with E-state index in [0.717, 1.165) is 6.42 Å². The number of carbonyl (C=O) groups excluding carboxylic acids is 1. The summed E-state index contributed by atoms with van der Waals surface area (Å²) in [6, 6.07) is 21.1. The van der Waals surface area contributed by atoms with Crippen molar-refractivity contribution in [1.82, 2.24) is 0 Å². The summed E-state index contributed by atoms with van der Waals surface area (Å²) in [5.74, 6) is 0.202. The first-order chi connectivity index (χ1) is 15.1. The summed E-state index contributed by atoms with van der Waals surface area (Å²) in [6.45, 7) is 0.508. The maximum Gasteiger partial charge on any atom is 0.363 e. The lowest BCUT2D eigenvalue weighted by molar-refractivity contribution is -0.129. The number of ether oxygens (including phenoxy) is 3. The molecule has 0 N–H and O–H groups in total. The predicted molar refractivity (Wildman–Crippen MR) is 116 cm³/mol. The van der Waals surface area contributed by atoms with Crippen molar-refractivity contribution in [3.63, 3.8) is 0 Å². The van der Waals surface area contributed by atoms with Crippen LogP contribution >= 0.6 is 0 Å². The molecule has 0 bridgehead atoms. The molecule has 1 aliphatic rings. The molecule has 0 unspecified atom stereocenters. The van der Waals surface area contributed by atoms with E-state index < -0.39 is 11.8 Å². The molecule has 4 rings (SSSR count). The molecule has 1 heterocycles. The van der Waals surface area contributed by atoms with E-state index in [1.54, 1.807) is 37.5 Å². The van der Waals surface area contributed by atoms with Crippen LogP contribution in [-0.4, -0.2) is 25.6 Å². The largest absolute Gasteiger partial charge is 0.493 e. The smallest absolute Gasteiger partial charge is 0.363 e. The third-order valence-corrected chi connectivity index (χ3v) is 4.67. The summed E-state index contributed by atoms with van der Waals surface area (Å²) >= 11 is 0. The highest BCUT2D eigenvalue weighted by molar-refractivity contribution is 6.12. The van der Waals surface area contributed by atoms with Gasteiger partial charge in [0.05, 0.1) is 13.7 Å². The van der Waals surface area contributed by atoms with Crippen molar-refractivity contribution in [3.8, 4) is 11.5 Å². The number of rotatable bonds is 7. The molecule has 0 saturated carbocycles. The fourth-order valence-corrected chi connectivity index (χ4v) is 3.13. The number of cyclic esters (lactones) is 1. The standard InChI is InChI=1S/C25H20FNO4/c1-29-23-15-18(10-11-22(23)30-13-12-17-6-3-2-4-7-17)14-21-25(28)31-24(27-21)19-8-5-9-20(26)16-19/h2-11,14-16H,12-13H2,1H3/b21-14-. The Morgan fingerprint density at radius 2 is 1.84 bits per heavy atom.